The Balaban J connectivity index is 1.72. The van der Waals surface area contributed by atoms with Crippen LogP contribution in [-0.4, -0.2) is 22.4 Å². The highest BCUT2D eigenvalue weighted by molar-refractivity contribution is 6.39. The molecule has 1 aromatic carbocycles. The van der Waals surface area contributed by atoms with E-state index in [2.05, 4.69) is 17.5 Å². The second kappa shape index (κ2) is 7.32. The van der Waals surface area contributed by atoms with Gasteiger partial charge < -0.3 is 4.57 Å². The summed E-state index contributed by atoms with van der Waals surface area (Å²) in [5.41, 5.74) is 1.85. The fourth-order valence-electron chi connectivity index (χ4n) is 3.16. The van der Waals surface area contributed by atoms with Crippen LogP contribution in [0, 0.1) is 0 Å². The van der Waals surface area contributed by atoms with Crippen LogP contribution in [0.25, 0.3) is 11.8 Å². The van der Waals surface area contributed by atoms with Crippen LogP contribution in [0.15, 0.2) is 66.4 Å². The zero-order valence-electron chi connectivity index (χ0n) is 14.8. The fourth-order valence-corrected chi connectivity index (χ4v) is 3.28. The highest BCUT2D eigenvalue weighted by Gasteiger charge is 2.37. The van der Waals surface area contributed by atoms with Crippen molar-refractivity contribution in [2.24, 2.45) is 0 Å². The quantitative estimate of drug-likeness (QED) is 0.632. The first kappa shape index (κ1) is 18.0. The van der Waals surface area contributed by atoms with Crippen LogP contribution in [0.5, 0.6) is 0 Å². The van der Waals surface area contributed by atoms with Crippen molar-refractivity contribution in [3.05, 3.63) is 77.1 Å². The maximum absolute atomic E-state index is 13.0. The lowest BCUT2D eigenvalue weighted by Crippen LogP contribution is -2.54. The molecule has 4 rings (SSSR count). The number of nitrogens with one attached hydrogen (secondary N) is 1. The van der Waals surface area contributed by atoms with Crippen LogP contribution in [0.1, 0.15) is 18.5 Å². The number of imide groups is 2. The number of aromatic nitrogens is 1. The van der Waals surface area contributed by atoms with E-state index in [0.717, 1.165) is 23.4 Å². The van der Waals surface area contributed by atoms with Gasteiger partial charge in [0.25, 0.3) is 11.8 Å². The molecule has 0 radical (unpaired) electrons. The van der Waals surface area contributed by atoms with Crippen molar-refractivity contribution in [3.63, 3.8) is 0 Å². The highest BCUT2D eigenvalue weighted by Crippen LogP contribution is 2.25. The largest absolute Gasteiger partial charge is 0.335 e. The Hall–Kier alpha value is -3.38. The van der Waals surface area contributed by atoms with Crippen molar-refractivity contribution in [1.29, 1.82) is 0 Å². The molecule has 1 fully saturated rings. The predicted octanol–water partition coefficient (Wildman–Crippen LogP) is 4.00. The Morgan fingerprint density at radius 2 is 1.82 bits per heavy atom. The van der Waals surface area contributed by atoms with Crippen molar-refractivity contribution in [2.75, 3.05) is 4.90 Å². The normalized spacial score (nSPS) is 18.5. The number of allylic oxidation sites excluding steroid dienone is 4. The van der Waals surface area contributed by atoms with Gasteiger partial charge in [-0.1, -0.05) is 23.8 Å². The van der Waals surface area contributed by atoms with Gasteiger partial charge in [-0.2, -0.15) is 0 Å². The molecule has 7 heteroatoms. The van der Waals surface area contributed by atoms with Crippen molar-refractivity contribution in [3.8, 4) is 0 Å². The van der Waals surface area contributed by atoms with Crippen LogP contribution in [0.4, 0.5) is 10.5 Å². The first-order valence-corrected chi connectivity index (χ1v) is 9.14. The van der Waals surface area contributed by atoms with Crippen LogP contribution in [-0.2, 0) is 9.59 Å². The summed E-state index contributed by atoms with van der Waals surface area (Å²) in [4.78, 5) is 38.5. The number of nitrogens with zero attached hydrogens (tertiary/aromatic N) is 2. The third kappa shape index (κ3) is 3.30. The standard InChI is InChI=1S/C21H16ClN3O3/c22-14-8-10-16(11-9-14)25-20(27)18(19(26)23-21(25)28)13-17-7-4-12-24(17)15-5-2-1-3-6-15/h2,4-13H,1,3H2,(H,23,26,28)/b18-13+. The fraction of sp³-hybridized carbons (Fsp3) is 0.0952. The molecule has 140 valence electrons. The van der Waals surface area contributed by atoms with E-state index in [0.29, 0.717) is 16.4 Å². The van der Waals surface area contributed by atoms with E-state index >= 15 is 0 Å². The van der Waals surface area contributed by atoms with Gasteiger partial charge in [0, 0.05) is 22.6 Å². The van der Waals surface area contributed by atoms with Gasteiger partial charge in [-0.25, -0.2) is 9.69 Å². The van der Waals surface area contributed by atoms with Gasteiger partial charge in [-0.15, -0.1) is 0 Å². The van der Waals surface area contributed by atoms with Gasteiger partial charge in [-0.3, -0.25) is 14.9 Å². The molecule has 1 aliphatic heterocycles. The number of hydrogen-bond donors (Lipinski definition) is 1. The van der Waals surface area contributed by atoms with E-state index in [1.165, 1.54) is 6.08 Å². The van der Waals surface area contributed by atoms with Crippen molar-refractivity contribution >= 4 is 46.9 Å². The lowest BCUT2D eigenvalue weighted by atomic mass is 10.1. The van der Waals surface area contributed by atoms with Gasteiger partial charge in [0.05, 0.1) is 5.69 Å². The minimum absolute atomic E-state index is 0.116. The van der Waals surface area contributed by atoms with E-state index < -0.39 is 17.8 Å². The summed E-state index contributed by atoms with van der Waals surface area (Å²) in [5, 5.41) is 2.70. The molecule has 0 bridgehead atoms. The van der Waals surface area contributed by atoms with Gasteiger partial charge in [0.2, 0.25) is 0 Å². The molecule has 2 heterocycles. The summed E-state index contributed by atoms with van der Waals surface area (Å²) in [6, 6.07) is 9.10. The number of carbonyl (C=O) groups excluding carboxylic acids is 3. The monoisotopic (exact) mass is 393 g/mol. The summed E-state index contributed by atoms with van der Waals surface area (Å²) < 4.78 is 1.90. The average Bonchev–Trinajstić information content (AvgIpc) is 3.15. The molecular formula is C21H16ClN3O3. The third-order valence-electron chi connectivity index (χ3n) is 4.51. The lowest BCUT2D eigenvalue weighted by Gasteiger charge is -2.26. The van der Waals surface area contributed by atoms with Crippen LogP contribution in [0.2, 0.25) is 5.02 Å². The number of rotatable bonds is 3. The minimum atomic E-state index is -0.789. The van der Waals surface area contributed by atoms with Gasteiger partial charge in [0.15, 0.2) is 0 Å². The number of benzene rings is 1. The molecule has 28 heavy (non-hydrogen) atoms. The topological polar surface area (TPSA) is 71.4 Å². The van der Waals surface area contributed by atoms with Gasteiger partial charge in [0.1, 0.15) is 5.57 Å². The van der Waals surface area contributed by atoms with Crippen molar-refractivity contribution in [2.45, 2.75) is 12.8 Å². The SMILES string of the molecule is O=C1NC(=O)N(c2ccc(Cl)cc2)C(=O)/C1=C/c1cccn1C1=CCCC=C1. The molecule has 6 nitrogen and oxygen atoms in total. The number of barbiturate groups is 1. The number of anilines is 1. The molecule has 1 aromatic heterocycles. The maximum atomic E-state index is 13.0. The van der Waals surface area contributed by atoms with E-state index in [4.69, 9.17) is 11.6 Å². The molecule has 2 aromatic rings. The summed E-state index contributed by atoms with van der Waals surface area (Å²) in [6.45, 7) is 0. The van der Waals surface area contributed by atoms with Gasteiger partial charge >= 0.3 is 6.03 Å². The molecule has 1 aliphatic carbocycles. The molecule has 0 unspecified atom stereocenters. The summed E-state index contributed by atoms with van der Waals surface area (Å²) in [7, 11) is 0. The lowest BCUT2D eigenvalue weighted by molar-refractivity contribution is -0.122. The zero-order valence-corrected chi connectivity index (χ0v) is 15.5. The number of urea groups is 1. The third-order valence-corrected chi connectivity index (χ3v) is 4.76. The number of amides is 4. The van der Waals surface area contributed by atoms with Crippen LogP contribution >= 0.6 is 11.6 Å². The van der Waals surface area contributed by atoms with E-state index in [1.807, 2.05) is 22.9 Å². The van der Waals surface area contributed by atoms with Crippen molar-refractivity contribution < 1.29 is 14.4 Å². The number of carbonyl (C=O) groups is 3. The predicted molar refractivity (Wildman–Crippen MR) is 108 cm³/mol. The summed E-state index contributed by atoms with van der Waals surface area (Å²) in [5.74, 6) is -1.40. The molecule has 1 saturated heterocycles. The molecular weight excluding hydrogens is 378 g/mol. The molecule has 0 atom stereocenters. The minimum Gasteiger partial charge on any atom is -0.317 e. The second-order valence-corrected chi connectivity index (χ2v) is 6.78. The first-order chi connectivity index (χ1) is 13.5. The second-order valence-electron chi connectivity index (χ2n) is 6.35. The van der Waals surface area contributed by atoms with Gasteiger partial charge in [-0.05, 0) is 61.4 Å². The molecule has 4 amide bonds. The first-order valence-electron chi connectivity index (χ1n) is 8.76. The Labute approximate surface area is 166 Å². The van der Waals surface area contributed by atoms with E-state index in [1.54, 1.807) is 30.3 Å². The maximum Gasteiger partial charge on any atom is 0.335 e. The van der Waals surface area contributed by atoms with Crippen LogP contribution in [0.3, 0.4) is 0 Å². The molecule has 0 saturated carbocycles. The zero-order chi connectivity index (χ0) is 19.7. The van der Waals surface area contributed by atoms with E-state index in [-0.39, 0.29) is 5.57 Å². The smallest absolute Gasteiger partial charge is 0.317 e. The Bertz CT molecular complexity index is 1060. The molecule has 1 N–H and O–H groups in total. The van der Waals surface area contributed by atoms with Crippen LogP contribution < -0.4 is 10.2 Å². The summed E-state index contributed by atoms with van der Waals surface area (Å²) in [6.07, 6.45) is 11.4. The summed E-state index contributed by atoms with van der Waals surface area (Å²) >= 11 is 5.88. The average molecular weight is 394 g/mol. The van der Waals surface area contributed by atoms with Crippen molar-refractivity contribution in [1.82, 2.24) is 9.88 Å². The Morgan fingerprint density at radius 3 is 2.54 bits per heavy atom. The number of halogens is 1. The van der Waals surface area contributed by atoms with E-state index in [9.17, 15) is 14.4 Å². The Morgan fingerprint density at radius 1 is 1.04 bits per heavy atom. The highest BCUT2D eigenvalue weighted by atomic mass is 35.5. The number of hydrogen-bond acceptors (Lipinski definition) is 3. The molecule has 0 spiro atoms. The molecule has 2 aliphatic rings. The Kier molecular flexibility index (Phi) is 4.71.